The molecular formula is C6H8F2O. The molecule has 0 aromatic heterocycles. The minimum absolute atomic E-state index is 0.388. The van der Waals surface area contributed by atoms with Crippen LogP contribution in [-0.4, -0.2) is 17.1 Å². The quantitative estimate of drug-likeness (QED) is 0.578. The molecule has 1 atom stereocenters. The minimum atomic E-state index is -3.25. The molecule has 0 aromatic carbocycles. The van der Waals surface area contributed by atoms with Gasteiger partial charge in [-0.2, -0.15) is 8.78 Å². The molecule has 0 spiro atoms. The van der Waals surface area contributed by atoms with Gasteiger partial charge in [-0.15, -0.1) is 6.58 Å². The number of aliphatic hydroxyl groups is 1. The number of hydrogen-bond donors (Lipinski definition) is 1. The molecule has 0 fully saturated rings. The summed E-state index contributed by atoms with van der Waals surface area (Å²) in [4.78, 5) is 0. The molecule has 1 unspecified atom stereocenters. The Hall–Kier alpha value is -0.700. The third-order valence-corrected chi connectivity index (χ3v) is 0.890. The predicted molar refractivity (Wildman–Crippen MR) is 31.3 cm³/mol. The molecule has 0 amide bonds. The minimum Gasteiger partial charge on any atom is -0.382 e. The monoisotopic (exact) mass is 134 g/mol. The van der Waals surface area contributed by atoms with Gasteiger partial charge in [-0.3, -0.25) is 0 Å². The lowest BCUT2D eigenvalue weighted by molar-refractivity contribution is -0.0445. The molecule has 1 nitrogen and oxygen atoms in total. The van der Waals surface area contributed by atoms with Crippen molar-refractivity contribution in [3.05, 3.63) is 25.3 Å². The van der Waals surface area contributed by atoms with Crippen LogP contribution in [-0.2, 0) is 0 Å². The van der Waals surface area contributed by atoms with Crippen LogP contribution in [0.25, 0.3) is 0 Å². The Bertz CT molecular complexity index is 120. The standard InChI is InChI=1S/C6H8F2O/c1-3-5(9)6(7,8)4-2/h3-5,9H,1-2H2. The van der Waals surface area contributed by atoms with E-state index in [-0.39, 0.29) is 0 Å². The zero-order valence-corrected chi connectivity index (χ0v) is 4.85. The molecular weight excluding hydrogens is 126 g/mol. The Morgan fingerprint density at radius 2 is 1.89 bits per heavy atom. The second kappa shape index (κ2) is 2.73. The van der Waals surface area contributed by atoms with Gasteiger partial charge in [-0.1, -0.05) is 12.7 Å². The van der Waals surface area contributed by atoms with Gasteiger partial charge in [0, 0.05) is 0 Å². The van der Waals surface area contributed by atoms with E-state index in [1.165, 1.54) is 0 Å². The molecule has 1 N–H and O–H groups in total. The fourth-order valence-electron chi connectivity index (χ4n) is 0.278. The maximum absolute atomic E-state index is 12.1. The van der Waals surface area contributed by atoms with Crippen LogP contribution in [0.1, 0.15) is 0 Å². The largest absolute Gasteiger partial charge is 0.382 e. The van der Waals surface area contributed by atoms with Crippen molar-refractivity contribution in [3.63, 3.8) is 0 Å². The molecule has 0 saturated carbocycles. The van der Waals surface area contributed by atoms with Crippen molar-refractivity contribution in [1.29, 1.82) is 0 Å². The van der Waals surface area contributed by atoms with Crippen molar-refractivity contribution in [2.45, 2.75) is 12.0 Å². The highest BCUT2D eigenvalue weighted by Crippen LogP contribution is 2.19. The van der Waals surface area contributed by atoms with E-state index in [1.54, 1.807) is 0 Å². The normalized spacial score (nSPS) is 14.6. The first kappa shape index (κ1) is 8.30. The summed E-state index contributed by atoms with van der Waals surface area (Å²) in [5, 5.41) is 8.45. The van der Waals surface area contributed by atoms with Crippen LogP contribution in [0, 0.1) is 0 Å². The van der Waals surface area contributed by atoms with Crippen molar-refractivity contribution >= 4 is 0 Å². The van der Waals surface area contributed by atoms with Gasteiger partial charge in [0.25, 0.3) is 5.92 Å². The summed E-state index contributed by atoms with van der Waals surface area (Å²) < 4.78 is 24.2. The molecule has 3 heteroatoms. The lowest BCUT2D eigenvalue weighted by Crippen LogP contribution is -2.28. The molecule has 9 heavy (non-hydrogen) atoms. The number of alkyl halides is 2. The summed E-state index contributed by atoms with van der Waals surface area (Å²) in [6.07, 6.45) is -0.670. The van der Waals surface area contributed by atoms with Gasteiger partial charge < -0.3 is 5.11 Å². The zero-order valence-electron chi connectivity index (χ0n) is 4.85. The average molecular weight is 134 g/mol. The van der Waals surface area contributed by atoms with E-state index in [9.17, 15) is 8.78 Å². The van der Waals surface area contributed by atoms with Crippen molar-refractivity contribution < 1.29 is 13.9 Å². The first-order chi connectivity index (χ1) is 4.04. The van der Waals surface area contributed by atoms with Gasteiger partial charge in [-0.25, -0.2) is 0 Å². The van der Waals surface area contributed by atoms with E-state index in [0.717, 1.165) is 6.08 Å². The summed E-state index contributed by atoms with van der Waals surface area (Å²) in [7, 11) is 0. The second-order valence-electron chi connectivity index (χ2n) is 1.56. The van der Waals surface area contributed by atoms with Gasteiger partial charge >= 0.3 is 0 Å². The highest BCUT2D eigenvalue weighted by atomic mass is 19.3. The lowest BCUT2D eigenvalue weighted by Gasteiger charge is -2.13. The SMILES string of the molecule is C=CC(O)C(F)(F)C=C. The van der Waals surface area contributed by atoms with Gasteiger partial charge in [-0.05, 0) is 6.08 Å². The van der Waals surface area contributed by atoms with E-state index in [2.05, 4.69) is 13.2 Å². The Morgan fingerprint density at radius 3 is 2.00 bits per heavy atom. The molecule has 0 heterocycles. The van der Waals surface area contributed by atoms with Crippen LogP contribution in [0.4, 0.5) is 8.78 Å². The Kier molecular flexibility index (Phi) is 2.52. The summed E-state index contributed by atoms with van der Waals surface area (Å²) in [5.41, 5.74) is 0. The summed E-state index contributed by atoms with van der Waals surface area (Å²) >= 11 is 0. The molecule has 0 bridgehead atoms. The fraction of sp³-hybridized carbons (Fsp3) is 0.333. The van der Waals surface area contributed by atoms with Crippen molar-refractivity contribution in [2.75, 3.05) is 0 Å². The first-order valence-electron chi connectivity index (χ1n) is 2.36. The maximum atomic E-state index is 12.1. The van der Waals surface area contributed by atoms with E-state index in [4.69, 9.17) is 5.11 Å². The molecule has 52 valence electrons. The van der Waals surface area contributed by atoms with Gasteiger partial charge in [0.2, 0.25) is 0 Å². The highest BCUT2D eigenvalue weighted by Gasteiger charge is 2.31. The molecule has 0 rings (SSSR count). The third kappa shape index (κ3) is 1.93. The van der Waals surface area contributed by atoms with Crippen LogP contribution >= 0.6 is 0 Å². The zero-order chi connectivity index (χ0) is 7.49. The van der Waals surface area contributed by atoms with Crippen molar-refractivity contribution in [2.24, 2.45) is 0 Å². The average Bonchev–Trinajstić information content (AvgIpc) is 1.86. The number of halogens is 2. The van der Waals surface area contributed by atoms with E-state index in [1.807, 2.05) is 0 Å². The van der Waals surface area contributed by atoms with Gasteiger partial charge in [0.1, 0.15) is 6.10 Å². The van der Waals surface area contributed by atoms with Crippen LogP contribution in [0.15, 0.2) is 25.3 Å². The topological polar surface area (TPSA) is 20.2 Å². The highest BCUT2D eigenvalue weighted by molar-refractivity contribution is 5.00. The second-order valence-corrected chi connectivity index (χ2v) is 1.56. The predicted octanol–water partition coefficient (Wildman–Crippen LogP) is 1.35. The number of rotatable bonds is 3. The Morgan fingerprint density at radius 1 is 1.44 bits per heavy atom. The van der Waals surface area contributed by atoms with E-state index < -0.39 is 12.0 Å². The summed E-state index contributed by atoms with van der Waals surface area (Å²) in [5.74, 6) is -3.25. The summed E-state index contributed by atoms with van der Waals surface area (Å²) in [6, 6.07) is 0. The van der Waals surface area contributed by atoms with E-state index >= 15 is 0 Å². The van der Waals surface area contributed by atoms with Gasteiger partial charge in [0.15, 0.2) is 0 Å². The number of aliphatic hydroxyl groups excluding tert-OH is 1. The Balaban J connectivity index is 4.11. The van der Waals surface area contributed by atoms with E-state index in [0.29, 0.717) is 6.08 Å². The number of hydrogen-bond acceptors (Lipinski definition) is 1. The van der Waals surface area contributed by atoms with Crippen molar-refractivity contribution in [1.82, 2.24) is 0 Å². The smallest absolute Gasteiger partial charge is 0.295 e. The first-order valence-corrected chi connectivity index (χ1v) is 2.36. The molecule has 0 aliphatic heterocycles. The van der Waals surface area contributed by atoms with Crippen LogP contribution in [0.3, 0.4) is 0 Å². The van der Waals surface area contributed by atoms with Crippen molar-refractivity contribution in [3.8, 4) is 0 Å². The molecule has 0 aliphatic carbocycles. The Labute approximate surface area is 52.3 Å². The van der Waals surface area contributed by atoms with Crippen LogP contribution in [0.5, 0.6) is 0 Å². The molecule has 0 radical (unpaired) electrons. The molecule has 0 saturated heterocycles. The summed E-state index contributed by atoms with van der Waals surface area (Å²) in [6.45, 7) is 5.84. The molecule has 0 aliphatic rings. The van der Waals surface area contributed by atoms with Gasteiger partial charge in [0.05, 0.1) is 0 Å². The lowest BCUT2D eigenvalue weighted by atomic mass is 10.2. The fourth-order valence-corrected chi connectivity index (χ4v) is 0.278. The molecule has 0 aromatic rings. The maximum Gasteiger partial charge on any atom is 0.295 e. The van der Waals surface area contributed by atoms with Crippen LogP contribution < -0.4 is 0 Å². The van der Waals surface area contributed by atoms with Crippen LogP contribution in [0.2, 0.25) is 0 Å². The third-order valence-electron chi connectivity index (χ3n) is 0.890.